The highest BCUT2D eigenvalue weighted by Crippen LogP contribution is 2.19. The lowest BCUT2D eigenvalue weighted by atomic mass is 9.97. The average molecular weight is 287 g/mol. The maximum absolute atomic E-state index is 5.85. The van der Waals surface area contributed by atoms with Crippen molar-refractivity contribution in [1.29, 1.82) is 0 Å². The maximum Gasteiger partial charge on any atom is 0.232 e. The van der Waals surface area contributed by atoms with Crippen LogP contribution in [0.1, 0.15) is 38.0 Å². The van der Waals surface area contributed by atoms with Gasteiger partial charge in [-0.25, -0.2) is 4.99 Å². The number of nitrogens with one attached hydrogen (secondary N) is 1. The van der Waals surface area contributed by atoms with E-state index in [4.69, 9.17) is 10.3 Å². The Morgan fingerprint density at radius 3 is 2.76 bits per heavy atom. The number of benzene rings is 1. The van der Waals surface area contributed by atoms with E-state index in [1.165, 1.54) is 0 Å². The van der Waals surface area contributed by atoms with Crippen LogP contribution in [0.25, 0.3) is 0 Å². The molecular formula is C15H21N5O. The Morgan fingerprint density at radius 1 is 1.38 bits per heavy atom. The largest absolute Gasteiger partial charge is 0.370 e. The van der Waals surface area contributed by atoms with Gasteiger partial charge in [-0.05, 0) is 24.6 Å². The molecule has 0 saturated carbocycles. The van der Waals surface area contributed by atoms with Crippen LogP contribution in [0.15, 0.2) is 33.8 Å². The second kappa shape index (κ2) is 5.95. The fourth-order valence-corrected chi connectivity index (χ4v) is 1.69. The fraction of sp³-hybridized carbons (Fsp3) is 0.400. The van der Waals surface area contributed by atoms with Crippen LogP contribution >= 0.6 is 0 Å². The number of guanidine groups is 1. The first-order valence-electron chi connectivity index (χ1n) is 6.81. The summed E-state index contributed by atoms with van der Waals surface area (Å²) in [4.78, 5) is 8.52. The highest BCUT2D eigenvalue weighted by molar-refractivity contribution is 5.92. The summed E-state index contributed by atoms with van der Waals surface area (Å²) in [5.41, 5.74) is 7.74. The van der Waals surface area contributed by atoms with E-state index < -0.39 is 0 Å². The smallest absolute Gasteiger partial charge is 0.232 e. The summed E-state index contributed by atoms with van der Waals surface area (Å²) < 4.78 is 5.20. The van der Waals surface area contributed by atoms with E-state index in [-0.39, 0.29) is 12.0 Å². The molecule has 0 amide bonds. The van der Waals surface area contributed by atoms with Crippen molar-refractivity contribution in [3.05, 3.63) is 41.5 Å². The van der Waals surface area contributed by atoms with E-state index in [0.29, 0.717) is 17.7 Å². The molecule has 6 heteroatoms. The lowest BCUT2D eigenvalue weighted by Crippen LogP contribution is -2.22. The third-order valence-electron chi connectivity index (χ3n) is 2.79. The van der Waals surface area contributed by atoms with Crippen LogP contribution in [0.3, 0.4) is 0 Å². The van der Waals surface area contributed by atoms with Gasteiger partial charge < -0.3 is 15.6 Å². The summed E-state index contributed by atoms with van der Waals surface area (Å²) in [7, 11) is 0. The number of nitrogens with two attached hydrogens (primary N) is 1. The first kappa shape index (κ1) is 15.0. The third kappa shape index (κ3) is 4.30. The molecule has 0 fully saturated rings. The number of aromatic nitrogens is 2. The van der Waals surface area contributed by atoms with Crippen molar-refractivity contribution in [2.45, 2.75) is 39.7 Å². The zero-order valence-electron chi connectivity index (χ0n) is 12.8. The molecule has 112 valence electrons. The average Bonchev–Trinajstić information content (AvgIpc) is 2.85. The summed E-state index contributed by atoms with van der Waals surface area (Å²) >= 11 is 0. The molecule has 21 heavy (non-hydrogen) atoms. The number of anilines is 1. The summed E-state index contributed by atoms with van der Waals surface area (Å²) in [6, 6.07) is 7.90. The molecular weight excluding hydrogens is 266 g/mol. The normalized spacial score (nSPS) is 12.5. The van der Waals surface area contributed by atoms with Gasteiger partial charge in [0.05, 0.1) is 0 Å². The van der Waals surface area contributed by atoms with Gasteiger partial charge in [-0.3, -0.25) is 0 Å². The van der Waals surface area contributed by atoms with Crippen molar-refractivity contribution in [3.8, 4) is 0 Å². The predicted molar refractivity (Wildman–Crippen MR) is 83.1 cm³/mol. The highest BCUT2D eigenvalue weighted by Gasteiger charge is 2.21. The molecule has 0 spiro atoms. The first-order chi connectivity index (χ1) is 9.84. The molecule has 0 saturated heterocycles. The second-order valence-corrected chi connectivity index (χ2v) is 5.96. The molecule has 1 aromatic heterocycles. The van der Waals surface area contributed by atoms with Crippen LogP contribution in [0.2, 0.25) is 0 Å². The van der Waals surface area contributed by atoms with Crippen LogP contribution in [0.4, 0.5) is 5.69 Å². The van der Waals surface area contributed by atoms with Gasteiger partial charge in [0.25, 0.3) is 0 Å². The third-order valence-corrected chi connectivity index (χ3v) is 2.79. The lowest BCUT2D eigenvalue weighted by molar-refractivity contribution is 0.318. The van der Waals surface area contributed by atoms with Crippen LogP contribution in [0.5, 0.6) is 0 Å². The molecule has 0 atom stereocenters. The van der Waals surface area contributed by atoms with E-state index in [0.717, 1.165) is 11.3 Å². The molecule has 0 radical (unpaired) electrons. The van der Waals surface area contributed by atoms with E-state index in [9.17, 15) is 0 Å². The molecule has 0 aliphatic carbocycles. The summed E-state index contributed by atoms with van der Waals surface area (Å²) in [5.74, 6) is 1.44. The van der Waals surface area contributed by atoms with E-state index in [1.54, 1.807) is 0 Å². The number of hydrogen-bond acceptors (Lipinski definition) is 4. The SMILES string of the molecule is Cc1cccc(NC(N)=NCc2noc(C(C)(C)C)n2)c1. The van der Waals surface area contributed by atoms with Gasteiger partial charge in [0, 0.05) is 11.1 Å². The van der Waals surface area contributed by atoms with E-state index in [2.05, 4.69) is 20.4 Å². The van der Waals surface area contributed by atoms with Gasteiger partial charge in [-0.2, -0.15) is 4.98 Å². The zero-order chi connectivity index (χ0) is 15.5. The number of hydrogen-bond donors (Lipinski definition) is 2. The van der Waals surface area contributed by atoms with Crippen LogP contribution in [-0.4, -0.2) is 16.1 Å². The molecule has 1 aromatic carbocycles. The zero-order valence-corrected chi connectivity index (χ0v) is 12.8. The monoisotopic (exact) mass is 287 g/mol. The van der Waals surface area contributed by atoms with Crippen LogP contribution < -0.4 is 11.1 Å². The molecule has 3 N–H and O–H groups in total. The van der Waals surface area contributed by atoms with Gasteiger partial charge in [0.2, 0.25) is 5.89 Å². The van der Waals surface area contributed by atoms with Crippen molar-refractivity contribution in [2.24, 2.45) is 10.7 Å². The number of aliphatic imine (C=N–C) groups is 1. The Morgan fingerprint density at radius 2 is 2.14 bits per heavy atom. The number of nitrogens with zero attached hydrogens (tertiary/aromatic N) is 3. The molecule has 6 nitrogen and oxygen atoms in total. The van der Waals surface area contributed by atoms with Crippen molar-refractivity contribution in [3.63, 3.8) is 0 Å². The predicted octanol–water partition coefficient (Wildman–Crippen LogP) is 2.60. The Bertz CT molecular complexity index is 640. The van der Waals surface area contributed by atoms with E-state index >= 15 is 0 Å². The summed E-state index contributed by atoms with van der Waals surface area (Å²) in [6.45, 7) is 8.35. The van der Waals surface area contributed by atoms with Gasteiger partial charge in [0.1, 0.15) is 6.54 Å². The standard InChI is InChI=1S/C15H21N5O/c1-10-6-5-7-11(8-10)18-14(16)17-9-12-19-13(21-20-12)15(2,3)4/h5-8H,9H2,1-4H3,(H3,16,17,18). The van der Waals surface area contributed by atoms with Crippen LogP contribution in [0, 0.1) is 6.92 Å². The van der Waals surface area contributed by atoms with Crippen molar-refractivity contribution < 1.29 is 4.52 Å². The topological polar surface area (TPSA) is 89.3 Å². The molecule has 2 rings (SSSR count). The Kier molecular flexibility index (Phi) is 4.26. The van der Waals surface area contributed by atoms with Gasteiger partial charge in [0.15, 0.2) is 11.8 Å². The minimum atomic E-state index is -0.166. The van der Waals surface area contributed by atoms with Crippen molar-refractivity contribution in [1.82, 2.24) is 10.1 Å². The lowest BCUT2D eigenvalue weighted by Gasteiger charge is -2.10. The summed E-state index contributed by atoms with van der Waals surface area (Å²) in [5, 5.41) is 6.93. The highest BCUT2D eigenvalue weighted by atomic mass is 16.5. The van der Waals surface area contributed by atoms with Gasteiger partial charge in [-0.1, -0.05) is 38.1 Å². The Balaban J connectivity index is 1.99. The molecule has 1 heterocycles. The molecule has 0 aliphatic heterocycles. The number of aryl methyl sites for hydroxylation is 1. The second-order valence-electron chi connectivity index (χ2n) is 5.96. The maximum atomic E-state index is 5.85. The first-order valence-corrected chi connectivity index (χ1v) is 6.81. The van der Waals surface area contributed by atoms with Crippen molar-refractivity contribution in [2.75, 3.05) is 5.32 Å². The fourth-order valence-electron chi connectivity index (χ4n) is 1.69. The van der Waals surface area contributed by atoms with Crippen molar-refractivity contribution >= 4 is 11.6 Å². The molecule has 0 unspecified atom stereocenters. The Labute approximate surface area is 124 Å². The molecule has 0 aliphatic rings. The Hall–Kier alpha value is -2.37. The minimum absolute atomic E-state index is 0.166. The minimum Gasteiger partial charge on any atom is -0.370 e. The van der Waals surface area contributed by atoms with Gasteiger partial charge >= 0.3 is 0 Å². The molecule has 0 bridgehead atoms. The quantitative estimate of drug-likeness (QED) is 0.669. The number of rotatable bonds is 3. The van der Waals surface area contributed by atoms with Gasteiger partial charge in [-0.15, -0.1) is 0 Å². The summed E-state index contributed by atoms with van der Waals surface area (Å²) in [6.07, 6.45) is 0. The van der Waals surface area contributed by atoms with E-state index in [1.807, 2.05) is 52.0 Å². The van der Waals surface area contributed by atoms with Crippen LogP contribution in [-0.2, 0) is 12.0 Å². The molecule has 2 aromatic rings.